The fraction of sp³-hybridized carbons (Fsp3) is 0.250. The Morgan fingerprint density at radius 2 is 1.86 bits per heavy atom. The van der Waals surface area contributed by atoms with Gasteiger partial charge in [-0.1, -0.05) is 18.2 Å². The van der Waals surface area contributed by atoms with Gasteiger partial charge in [0.25, 0.3) is 0 Å². The van der Waals surface area contributed by atoms with Gasteiger partial charge in [0, 0.05) is 12.0 Å². The summed E-state index contributed by atoms with van der Waals surface area (Å²) in [7, 11) is 0. The van der Waals surface area contributed by atoms with E-state index in [1.54, 1.807) is 30.3 Å². The Morgan fingerprint density at radius 3 is 2.67 bits per heavy atom. The van der Waals surface area contributed by atoms with Crippen molar-refractivity contribution in [3.8, 4) is 11.5 Å². The maximum absolute atomic E-state index is 13.6. The number of ether oxygens (including phenoxy) is 2. The highest BCUT2D eigenvalue weighted by Gasteiger charge is 2.19. The van der Waals surface area contributed by atoms with Crippen molar-refractivity contribution in [3.05, 3.63) is 57.8 Å². The number of hydrogen-bond acceptors (Lipinski definition) is 3. The van der Waals surface area contributed by atoms with E-state index in [2.05, 4.69) is 15.9 Å². The number of halogens is 2. The van der Waals surface area contributed by atoms with Gasteiger partial charge in [0.1, 0.15) is 11.9 Å². The molecule has 1 aliphatic rings. The molecule has 0 saturated carbocycles. The summed E-state index contributed by atoms with van der Waals surface area (Å²) in [4.78, 5) is 0. The molecule has 1 aliphatic heterocycles. The Morgan fingerprint density at radius 1 is 1.10 bits per heavy atom. The lowest BCUT2D eigenvalue weighted by molar-refractivity contribution is 0.218. The first kappa shape index (κ1) is 14.4. The van der Waals surface area contributed by atoms with E-state index in [0.717, 1.165) is 6.42 Å². The lowest BCUT2D eigenvalue weighted by Gasteiger charge is -2.16. The second-order valence-electron chi connectivity index (χ2n) is 4.80. The van der Waals surface area contributed by atoms with Crippen molar-refractivity contribution < 1.29 is 19.0 Å². The molecule has 0 aromatic heterocycles. The molecule has 0 radical (unpaired) electrons. The standard InChI is InChI=1S/C16H14BrFO3/c17-15-11(3-1-4-12(15)18)16(19)10-5-6-13-14(9-10)21-8-2-7-20-13/h1,3-6,9,16,19H,2,7-8H2. The van der Waals surface area contributed by atoms with Gasteiger partial charge in [-0.3, -0.25) is 0 Å². The largest absolute Gasteiger partial charge is 0.490 e. The molecule has 0 bridgehead atoms. The number of aliphatic hydroxyl groups excluding tert-OH is 1. The molecule has 1 N–H and O–H groups in total. The van der Waals surface area contributed by atoms with Crippen LogP contribution in [0.4, 0.5) is 4.39 Å². The molecule has 3 rings (SSSR count). The molecule has 0 spiro atoms. The SMILES string of the molecule is OC(c1ccc2c(c1)OCCCO2)c1cccc(F)c1Br. The first-order valence-corrected chi connectivity index (χ1v) is 7.47. The minimum absolute atomic E-state index is 0.268. The topological polar surface area (TPSA) is 38.7 Å². The van der Waals surface area contributed by atoms with E-state index in [-0.39, 0.29) is 4.47 Å². The second-order valence-corrected chi connectivity index (χ2v) is 5.60. The van der Waals surface area contributed by atoms with Crippen LogP contribution in [0.5, 0.6) is 11.5 Å². The molecule has 110 valence electrons. The molecule has 21 heavy (non-hydrogen) atoms. The average molecular weight is 353 g/mol. The number of fused-ring (bicyclic) bond motifs is 1. The highest BCUT2D eigenvalue weighted by molar-refractivity contribution is 9.10. The van der Waals surface area contributed by atoms with Crippen LogP contribution in [0.3, 0.4) is 0 Å². The highest BCUT2D eigenvalue weighted by Crippen LogP contribution is 2.36. The van der Waals surface area contributed by atoms with Crippen molar-refractivity contribution >= 4 is 15.9 Å². The Balaban J connectivity index is 1.96. The van der Waals surface area contributed by atoms with Crippen LogP contribution in [-0.4, -0.2) is 18.3 Å². The van der Waals surface area contributed by atoms with Crippen LogP contribution < -0.4 is 9.47 Å². The normalized spacial score (nSPS) is 15.4. The average Bonchev–Trinajstić information content (AvgIpc) is 2.74. The number of hydrogen-bond donors (Lipinski definition) is 1. The van der Waals surface area contributed by atoms with Gasteiger partial charge >= 0.3 is 0 Å². The summed E-state index contributed by atoms with van der Waals surface area (Å²) in [6.07, 6.45) is -0.116. The van der Waals surface area contributed by atoms with E-state index >= 15 is 0 Å². The van der Waals surface area contributed by atoms with Crippen molar-refractivity contribution in [2.24, 2.45) is 0 Å². The summed E-state index contributed by atoms with van der Waals surface area (Å²) in [6, 6.07) is 9.86. The van der Waals surface area contributed by atoms with Crippen molar-refractivity contribution in [1.29, 1.82) is 0 Å². The van der Waals surface area contributed by atoms with Crippen LogP contribution in [0.15, 0.2) is 40.9 Å². The summed E-state index contributed by atoms with van der Waals surface area (Å²) in [6.45, 7) is 1.19. The van der Waals surface area contributed by atoms with Crippen LogP contribution in [0, 0.1) is 5.82 Å². The fourth-order valence-corrected chi connectivity index (χ4v) is 2.74. The van der Waals surface area contributed by atoms with Crippen LogP contribution in [-0.2, 0) is 0 Å². The molecular weight excluding hydrogens is 339 g/mol. The Bertz CT molecular complexity index is 660. The van der Waals surface area contributed by atoms with Gasteiger partial charge in [-0.05, 0) is 39.7 Å². The Hall–Kier alpha value is -1.59. The lowest BCUT2D eigenvalue weighted by Crippen LogP contribution is -2.03. The predicted octanol–water partition coefficient (Wildman–Crippen LogP) is 3.83. The molecule has 0 aliphatic carbocycles. The summed E-state index contributed by atoms with van der Waals surface area (Å²) in [5, 5.41) is 10.5. The van der Waals surface area contributed by atoms with Crippen LogP contribution >= 0.6 is 15.9 Å². The van der Waals surface area contributed by atoms with E-state index in [1.165, 1.54) is 6.07 Å². The molecule has 2 aromatic carbocycles. The van der Waals surface area contributed by atoms with Crippen LogP contribution in [0.1, 0.15) is 23.7 Å². The van der Waals surface area contributed by atoms with E-state index < -0.39 is 11.9 Å². The zero-order chi connectivity index (χ0) is 14.8. The number of benzene rings is 2. The van der Waals surface area contributed by atoms with E-state index in [4.69, 9.17) is 9.47 Å². The summed E-state index contributed by atoms with van der Waals surface area (Å²) < 4.78 is 25.0. The third-order valence-corrected chi connectivity index (χ3v) is 4.20. The maximum Gasteiger partial charge on any atom is 0.161 e. The van der Waals surface area contributed by atoms with Crippen LogP contribution in [0.2, 0.25) is 0 Å². The van der Waals surface area contributed by atoms with Crippen LogP contribution in [0.25, 0.3) is 0 Å². The molecule has 0 fully saturated rings. The van der Waals surface area contributed by atoms with Gasteiger partial charge in [-0.2, -0.15) is 0 Å². The minimum Gasteiger partial charge on any atom is -0.490 e. The minimum atomic E-state index is -0.938. The first-order chi connectivity index (χ1) is 10.2. The van der Waals surface area contributed by atoms with E-state index in [0.29, 0.717) is 35.8 Å². The van der Waals surface area contributed by atoms with Gasteiger partial charge in [0.05, 0.1) is 17.7 Å². The quantitative estimate of drug-likeness (QED) is 0.892. The third kappa shape index (κ3) is 2.89. The summed E-state index contributed by atoms with van der Waals surface area (Å²) in [5.74, 6) is 0.874. The first-order valence-electron chi connectivity index (χ1n) is 6.68. The molecule has 1 atom stereocenters. The molecule has 3 nitrogen and oxygen atoms in total. The monoisotopic (exact) mass is 352 g/mol. The fourth-order valence-electron chi connectivity index (χ4n) is 2.26. The molecular formula is C16H14BrFO3. The van der Waals surface area contributed by atoms with Crippen molar-refractivity contribution in [1.82, 2.24) is 0 Å². The van der Waals surface area contributed by atoms with Gasteiger partial charge in [-0.15, -0.1) is 0 Å². The van der Waals surface area contributed by atoms with E-state index in [1.807, 2.05) is 0 Å². The van der Waals surface area contributed by atoms with E-state index in [9.17, 15) is 9.50 Å². The Kier molecular flexibility index (Phi) is 4.12. The number of aliphatic hydroxyl groups is 1. The van der Waals surface area contributed by atoms with Crippen molar-refractivity contribution in [3.63, 3.8) is 0 Å². The summed E-state index contributed by atoms with van der Waals surface area (Å²) >= 11 is 3.17. The zero-order valence-electron chi connectivity index (χ0n) is 11.2. The molecule has 0 saturated heterocycles. The van der Waals surface area contributed by atoms with Gasteiger partial charge < -0.3 is 14.6 Å². The predicted molar refractivity (Wildman–Crippen MR) is 80.2 cm³/mol. The molecule has 1 heterocycles. The number of rotatable bonds is 2. The highest BCUT2D eigenvalue weighted by atomic mass is 79.9. The maximum atomic E-state index is 13.6. The summed E-state index contributed by atoms with van der Waals surface area (Å²) in [5.41, 5.74) is 1.11. The van der Waals surface area contributed by atoms with Gasteiger partial charge in [0.2, 0.25) is 0 Å². The smallest absolute Gasteiger partial charge is 0.161 e. The van der Waals surface area contributed by atoms with Gasteiger partial charge in [-0.25, -0.2) is 4.39 Å². The second kappa shape index (κ2) is 6.03. The lowest BCUT2D eigenvalue weighted by atomic mass is 10.0. The third-order valence-electron chi connectivity index (χ3n) is 3.36. The molecule has 0 amide bonds. The molecule has 2 aromatic rings. The molecule has 5 heteroatoms. The van der Waals surface area contributed by atoms with Crippen molar-refractivity contribution in [2.75, 3.05) is 13.2 Å². The van der Waals surface area contributed by atoms with Gasteiger partial charge in [0.15, 0.2) is 11.5 Å². The zero-order valence-corrected chi connectivity index (χ0v) is 12.8. The molecule has 1 unspecified atom stereocenters. The van der Waals surface area contributed by atoms with Crippen molar-refractivity contribution in [2.45, 2.75) is 12.5 Å². The Labute approximate surface area is 130 Å².